The van der Waals surface area contributed by atoms with E-state index in [-0.39, 0.29) is 5.78 Å². The summed E-state index contributed by atoms with van der Waals surface area (Å²) in [5.74, 6) is 1.36. The van der Waals surface area contributed by atoms with Gasteiger partial charge in [0.1, 0.15) is 11.3 Å². The lowest BCUT2D eigenvalue weighted by molar-refractivity contribution is 0.0969. The number of benzene rings is 1. The third-order valence-corrected chi connectivity index (χ3v) is 2.89. The van der Waals surface area contributed by atoms with Crippen molar-refractivity contribution in [2.75, 3.05) is 5.32 Å². The van der Waals surface area contributed by atoms with Gasteiger partial charge in [0.15, 0.2) is 11.6 Å². The van der Waals surface area contributed by atoms with Gasteiger partial charge >= 0.3 is 0 Å². The zero-order valence-corrected chi connectivity index (χ0v) is 9.27. The van der Waals surface area contributed by atoms with Crippen LogP contribution in [0.5, 0.6) is 0 Å². The first kappa shape index (κ1) is 10.1. The highest BCUT2D eigenvalue weighted by Gasteiger charge is 2.26. The summed E-state index contributed by atoms with van der Waals surface area (Å²) >= 11 is 0. The average molecular weight is 228 g/mol. The molecule has 2 aromatic rings. The van der Waals surface area contributed by atoms with Crippen LogP contribution in [0.3, 0.4) is 0 Å². The van der Waals surface area contributed by atoms with Gasteiger partial charge in [-0.2, -0.15) is 0 Å². The highest BCUT2D eigenvalue weighted by molar-refractivity contribution is 6.02. The molecule has 1 aromatic carbocycles. The van der Waals surface area contributed by atoms with Gasteiger partial charge in [0.2, 0.25) is 0 Å². The second-order valence-corrected chi connectivity index (χ2v) is 4.10. The van der Waals surface area contributed by atoms with Crippen LogP contribution in [0.15, 0.2) is 34.9 Å². The molecule has 0 saturated carbocycles. The Balaban J connectivity index is 1.94. The number of carbonyl (C=O) groups is 1. The molecule has 1 aliphatic rings. The molecule has 3 rings (SSSR count). The van der Waals surface area contributed by atoms with Gasteiger partial charge in [-0.15, -0.1) is 0 Å². The Morgan fingerprint density at radius 3 is 2.82 bits per heavy atom. The summed E-state index contributed by atoms with van der Waals surface area (Å²) in [6, 6.07) is 9.64. The fourth-order valence-corrected chi connectivity index (χ4v) is 2.06. The second-order valence-electron chi connectivity index (χ2n) is 4.10. The summed E-state index contributed by atoms with van der Waals surface area (Å²) < 4.78 is 5.20. The predicted molar refractivity (Wildman–Crippen MR) is 63.5 cm³/mol. The van der Waals surface area contributed by atoms with Crippen LogP contribution in [0.1, 0.15) is 29.0 Å². The third-order valence-electron chi connectivity index (χ3n) is 2.89. The van der Waals surface area contributed by atoms with Crippen molar-refractivity contribution in [2.24, 2.45) is 0 Å². The van der Waals surface area contributed by atoms with Crippen LogP contribution in [0.25, 0.3) is 0 Å². The van der Waals surface area contributed by atoms with Crippen LogP contribution in [-0.2, 0) is 6.42 Å². The van der Waals surface area contributed by atoms with Crippen LogP contribution in [0, 0.1) is 0 Å². The minimum atomic E-state index is 0.117. The lowest BCUT2D eigenvalue weighted by Crippen LogP contribution is -2.10. The van der Waals surface area contributed by atoms with E-state index in [9.17, 15) is 4.79 Å². The van der Waals surface area contributed by atoms with Gasteiger partial charge in [-0.3, -0.25) is 4.79 Å². The molecule has 1 aromatic heterocycles. The highest BCUT2D eigenvalue weighted by atomic mass is 16.5. The number of hydrogen-bond acceptors (Lipinski definition) is 4. The summed E-state index contributed by atoms with van der Waals surface area (Å²) in [7, 11) is 0. The molecule has 0 bridgehead atoms. The number of anilines is 2. The quantitative estimate of drug-likeness (QED) is 0.858. The molecule has 1 aliphatic carbocycles. The van der Waals surface area contributed by atoms with E-state index in [0.717, 1.165) is 18.5 Å². The number of aromatic nitrogens is 1. The van der Waals surface area contributed by atoms with Gasteiger partial charge in [-0.25, -0.2) is 0 Å². The second kappa shape index (κ2) is 4.05. The maximum absolute atomic E-state index is 11.8. The molecule has 0 atom stereocenters. The van der Waals surface area contributed by atoms with Crippen molar-refractivity contribution in [2.45, 2.75) is 19.3 Å². The first-order chi connectivity index (χ1) is 8.34. The number of Topliss-reactive ketones (excluding diaryl/α,β-unsaturated/α-hetero) is 1. The number of rotatable bonds is 2. The molecule has 1 N–H and O–H groups in total. The zero-order valence-electron chi connectivity index (χ0n) is 9.27. The fraction of sp³-hybridized carbons (Fsp3) is 0.231. The molecular formula is C13H12N2O2. The lowest BCUT2D eigenvalue weighted by atomic mass is 9.97. The van der Waals surface area contributed by atoms with Gasteiger partial charge in [0.25, 0.3) is 0 Å². The minimum Gasteiger partial charge on any atom is -0.358 e. The Kier molecular flexibility index (Phi) is 2.40. The van der Waals surface area contributed by atoms with Crippen LogP contribution < -0.4 is 5.32 Å². The Bertz CT molecular complexity index is 546. The van der Waals surface area contributed by atoms with Crippen molar-refractivity contribution in [3.8, 4) is 0 Å². The van der Waals surface area contributed by atoms with E-state index in [1.54, 1.807) is 0 Å². The normalized spacial score (nSPS) is 14.5. The van der Waals surface area contributed by atoms with E-state index >= 15 is 0 Å². The van der Waals surface area contributed by atoms with E-state index in [0.29, 0.717) is 23.6 Å². The van der Waals surface area contributed by atoms with E-state index in [1.807, 2.05) is 30.3 Å². The van der Waals surface area contributed by atoms with Gasteiger partial charge in [-0.1, -0.05) is 23.4 Å². The highest BCUT2D eigenvalue weighted by Crippen LogP contribution is 2.29. The van der Waals surface area contributed by atoms with Crippen LogP contribution >= 0.6 is 0 Å². The van der Waals surface area contributed by atoms with Gasteiger partial charge in [-0.05, 0) is 18.6 Å². The number of ketones is 1. The molecule has 0 spiro atoms. The smallest absolute Gasteiger partial charge is 0.185 e. The van der Waals surface area contributed by atoms with Crippen molar-refractivity contribution in [3.05, 3.63) is 41.7 Å². The Hall–Kier alpha value is -2.10. The molecule has 4 nitrogen and oxygen atoms in total. The standard InChI is InChI=1S/C13H12N2O2/c16-10-7-4-8-11-12(10)13(15-17-11)14-9-5-2-1-3-6-9/h1-3,5-6H,4,7-8H2,(H,14,15). The summed E-state index contributed by atoms with van der Waals surface area (Å²) in [6.45, 7) is 0. The lowest BCUT2D eigenvalue weighted by Gasteiger charge is -2.09. The molecule has 1 heterocycles. The van der Waals surface area contributed by atoms with Crippen molar-refractivity contribution in [1.82, 2.24) is 5.16 Å². The number of nitrogens with zero attached hydrogens (tertiary/aromatic N) is 1. The van der Waals surface area contributed by atoms with Gasteiger partial charge < -0.3 is 9.84 Å². The van der Waals surface area contributed by atoms with Crippen LogP contribution in [-0.4, -0.2) is 10.9 Å². The fourth-order valence-electron chi connectivity index (χ4n) is 2.06. The molecule has 0 aliphatic heterocycles. The molecular weight excluding hydrogens is 216 g/mol. The SMILES string of the molecule is O=C1CCCc2onc(Nc3ccccc3)c21. The van der Waals surface area contributed by atoms with E-state index < -0.39 is 0 Å². The van der Waals surface area contributed by atoms with Crippen molar-refractivity contribution >= 4 is 17.3 Å². The molecule has 0 saturated heterocycles. The maximum atomic E-state index is 11.8. The summed E-state index contributed by atoms with van der Waals surface area (Å²) in [5.41, 5.74) is 1.53. The molecule has 86 valence electrons. The molecule has 17 heavy (non-hydrogen) atoms. The zero-order chi connectivity index (χ0) is 11.7. The molecule has 0 amide bonds. The average Bonchev–Trinajstić information content (AvgIpc) is 2.75. The first-order valence-electron chi connectivity index (χ1n) is 5.68. The Morgan fingerprint density at radius 1 is 1.18 bits per heavy atom. The molecule has 4 heteroatoms. The maximum Gasteiger partial charge on any atom is 0.185 e. The Labute approximate surface area is 98.6 Å². The minimum absolute atomic E-state index is 0.117. The number of nitrogens with one attached hydrogen (secondary N) is 1. The summed E-state index contributed by atoms with van der Waals surface area (Å²) in [6.07, 6.45) is 2.23. The summed E-state index contributed by atoms with van der Waals surface area (Å²) in [5, 5.41) is 7.05. The number of para-hydroxylation sites is 1. The number of carbonyl (C=O) groups excluding carboxylic acids is 1. The largest absolute Gasteiger partial charge is 0.358 e. The van der Waals surface area contributed by atoms with E-state index in [2.05, 4.69) is 10.5 Å². The van der Waals surface area contributed by atoms with Crippen LogP contribution in [0.4, 0.5) is 11.5 Å². The van der Waals surface area contributed by atoms with Gasteiger partial charge in [0, 0.05) is 18.5 Å². The first-order valence-corrected chi connectivity index (χ1v) is 5.68. The number of hydrogen-bond donors (Lipinski definition) is 1. The van der Waals surface area contributed by atoms with Crippen molar-refractivity contribution in [1.29, 1.82) is 0 Å². The number of aryl methyl sites for hydroxylation is 1. The molecule has 0 radical (unpaired) electrons. The predicted octanol–water partition coefficient (Wildman–Crippen LogP) is 2.94. The topological polar surface area (TPSA) is 55.1 Å². The van der Waals surface area contributed by atoms with Gasteiger partial charge in [0.05, 0.1) is 0 Å². The van der Waals surface area contributed by atoms with Crippen molar-refractivity contribution < 1.29 is 9.32 Å². The van der Waals surface area contributed by atoms with E-state index in [1.165, 1.54) is 0 Å². The third kappa shape index (κ3) is 1.82. The van der Waals surface area contributed by atoms with E-state index in [4.69, 9.17) is 4.52 Å². The molecule has 0 unspecified atom stereocenters. The van der Waals surface area contributed by atoms with Crippen molar-refractivity contribution in [3.63, 3.8) is 0 Å². The van der Waals surface area contributed by atoms with Crippen LogP contribution in [0.2, 0.25) is 0 Å². The Morgan fingerprint density at radius 2 is 2.00 bits per heavy atom. The summed E-state index contributed by atoms with van der Waals surface area (Å²) in [4.78, 5) is 11.8. The monoisotopic (exact) mass is 228 g/mol. The number of fused-ring (bicyclic) bond motifs is 1. The molecule has 0 fully saturated rings.